The molecule has 7 nitrogen and oxygen atoms in total. The zero-order valence-electron chi connectivity index (χ0n) is 18.2. The molecule has 0 unspecified atom stereocenters. The first-order valence-corrected chi connectivity index (χ1v) is 10.6. The van der Waals surface area contributed by atoms with Crippen molar-refractivity contribution in [3.05, 3.63) is 123 Å². The third-order valence-electron chi connectivity index (χ3n) is 5.75. The zero-order valence-corrected chi connectivity index (χ0v) is 18.2. The van der Waals surface area contributed by atoms with E-state index in [-0.39, 0.29) is 34.1 Å². The molecular formula is C27H19N3O4. The van der Waals surface area contributed by atoms with Crippen LogP contribution in [0.5, 0.6) is 0 Å². The van der Waals surface area contributed by atoms with Gasteiger partial charge in [-0.1, -0.05) is 48.5 Å². The van der Waals surface area contributed by atoms with Crippen LogP contribution in [0.1, 0.15) is 37.4 Å². The monoisotopic (exact) mass is 449 g/mol. The first-order valence-electron chi connectivity index (χ1n) is 10.6. The van der Waals surface area contributed by atoms with Gasteiger partial charge in [-0.05, 0) is 42.8 Å². The van der Waals surface area contributed by atoms with Gasteiger partial charge in [-0.3, -0.25) is 19.7 Å². The number of fused-ring (bicyclic) bond motifs is 2. The van der Waals surface area contributed by atoms with E-state index in [0.717, 1.165) is 11.3 Å². The molecule has 2 N–H and O–H groups in total. The number of nitrogens with one attached hydrogen (secondary N) is 2. The summed E-state index contributed by atoms with van der Waals surface area (Å²) >= 11 is 0. The summed E-state index contributed by atoms with van der Waals surface area (Å²) < 4.78 is 0. The van der Waals surface area contributed by atoms with Crippen LogP contribution in [0.4, 0.5) is 28.4 Å². The van der Waals surface area contributed by atoms with Crippen molar-refractivity contribution in [2.24, 2.45) is 0 Å². The highest BCUT2D eigenvalue weighted by Crippen LogP contribution is 2.39. The number of carbonyl (C=O) groups is 2. The van der Waals surface area contributed by atoms with Gasteiger partial charge in [0.25, 0.3) is 5.69 Å². The number of carbonyl (C=O) groups excluding carboxylic acids is 2. The maximum Gasteiger partial charge on any atom is 0.292 e. The summed E-state index contributed by atoms with van der Waals surface area (Å²) in [5.74, 6) is -0.607. The first-order chi connectivity index (χ1) is 16.4. The summed E-state index contributed by atoms with van der Waals surface area (Å²) in [6, 6.07) is 24.2. The Morgan fingerprint density at radius 2 is 1.21 bits per heavy atom. The number of benzene rings is 4. The Hall–Kier alpha value is -4.78. The van der Waals surface area contributed by atoms with E-state index in [1.165, 1.54) is 6.07 Å². The third-order valence-corrected chi connectivity index (χ3v) is 5.75. The molecule has 0 bridgehead atoms. The second-order valence-corrected chi connectivity index (χ2v) is 8.01. The first kappa shape index (κ1) is 21.1. The molecule has 166 valence electrons. The van der Waals surface area contributed by atoms with Crippen LogP contribution in [0, 0.1) is 17.0 Å². The number of nitro groups is 1. The van der Waals surface area contributed by atoms with Crippen molar-refractivity contribution in [2.75, 3.05) is 10.6 Å². The number of rotatable bonds is 5. The van der Waals surface area contributed by atoms with Gasteiger partial charge in [0.2, 0.25) is 0 Å². The highest BCUT2D eigenvalue weighted by molar-refractivity contribution is 6.32. The predicted molar refractivity (Wildman–Crippen MR) is 131 cm³/mol. The van der Waals surface area contributed by atoms with Gasteiger partial charge >= 0.3 is 0 Å². The van der Waals surface area contributed by atoms with Gasteiger partial charge in [0.05, 0.1) is 27.4 Å². The van der Waals surface area contributed by atoms with E-state index >= 15 is 0 Å². The van der Waals surface area contributed by atoms with Gasteiger partial charge in [0.15, 0.2) is 11.6 Å². The largest absolute Gasteiger partial charge is 0.355 e. The van der Waals surface area contributed by atoms with E-state index in [2.05, 4.69) is 10.6 Å². The number of hydrogen-bond acceptors (Lipinski definition) is 6. The minimum absolute atomic E-state index is 0.116. The number of ketones is 2. The van der Waals surface area contributed by atoms with Crippen LogP contribution in [0.3, 0.4) is 0 Å². The highest BCUT2D eigenvalue weighted by Gasteiger charge is 2.34. The molecule has 0 aromatic heterocycles. The van der Waals surface area contributed by atoms with E-state index < -0.39 is 4.92 Å². The summed E-state index contributed by atoms with van der Waals surface area (Å²) in [6.07, 6.45) is 0. The average molecular weight is 449 g/mol. The molecule has 0 fully saturated rings. The SMILES string of the molecule is Cc1ccc(Nc2ccc(Nc3ccccc3)c3c2C(=O)c2ccccc2C3=O)c([N+](=O)[O-])c1. The number of nitrogens with zero attached hydrogens (tertiary/aromatic N) is 1. The fourth-order valence-corrected chi connectivity index (χ4v) is 4.15. The van der Waals surface area contributed by atoms with Crippen LogP contribution < -0.4 is 10.6 Å². The molecule has 0 radical (unpaired) electrons. The molecular weight excluding hydrogens is 430 g/mol. The smallest absolute Gasteiger partial charge is 0.292 e. The maximum atomic E-state index is 13.6. The van der Waals surface area contributed by atoms with Crippen LogP contribution in [-0.4, -0.2) is 16.5 Å². The van der Waals surface area contributed by atoms with Gasteiger partial charge in [-0.2, -0.15) is 0 Å². The number of nitro benzene ring substituents is 1. The second kappa shape index (κ2) is 8.29. The van der Waals surface area contributed by atoms with Crippen molar-refractivity contribution in [1.29, 1.82) is 0 Å². The van der Waals surface area contributed by atoms with E-state index in [1.807, 2.05) is 30.3 Å². The van der Waals surface area contributed by atoms with Gasteiger partial charge in [-0.15, -0.1) is 0 Å². The van der Waals surface area contributed by atoms with E-state index in [4.69, 9.17) is 0 Å². The van der Waals surface area contributed by atoms with Crippen molar-refractivity contribution >= 4 is 40.0 Å². The second-order valence-electron chi connectivity index (χ2n) is 8.01. The molecule has 4 aromatic carbocycles. The molecule has 1 aliphatic rings. The number of anilines is 4. The van der Waals surface area contributed by atoms with Gasteiger partial charge in [0, 0.05) is 22.9 Å². The molecule has 0 saturated heterocycles. The zero-order chi connectivity index (χ0) is 23.8. The fraction of sp³-hybridized carbons (Fsp3) is 0.0370. The van der Waals surface area contributed by atoms with Gasteiger partial charge < -0.3 is 10.6 Å². The molecule has 0 atom stereocenters. The molecule has 1 aliphatic carbocycles. The Morgan fingerprint density at radius 1 is 0.676 bits per heavy atom. The minimum Gasteiger partial charge on any atom is -0.355 e. The molecule has 34 heavy (non-hydrogen) atoms. The lowest BCUT2D eigenvalue weighted by molar-refractivity contribution is -0.384. The fourth-order valence-electron chi connectivity index (χ4n) is 4.15. The third kappa shape index (κ3) is 3.59. The van der Waals surface area contributed by atoms with E-state index in [1.54, 1.807) is 55.5 Å². The lowest BCUT2D eigenvalue weighted by Crippen LogP contribution is -2.23. The lowest BCUT2D eigenvalue weighted by atomic mass is 9.82. The predicted octanol–water partition coefficient (Wildman–Crippen LogP) is 6.17. The molecule has 4 aromatic rings. The Kier molecular flexibility index (Phi) is 5.14. The summed E-state index contributed by atoms with van der Waals surface area (Å²) in [7, 11) is 0. The Bertz CT molecular complexity index is 1480. The summed E-state index contributed by atoms with van der Waals surface area (Å²) in [5, 5.41) is 17.9. The van der Waals surface area contributed by atoms with Crippen molar-refractivity contribution in [3.8, 4) is 0 Å². The molecule has 5 rings (SSSR count). The summed E-state index contributed by atoms with van der Waals surface area (Å²) in [6.45, 7) is 1.77. The van der Waals surface area contributed by atoms with Gasteiger partial charge in [0.1, 0.15) is 5.69 Å². The van der Waals surface area contributed by atoms with Crippen molar-refractivity contribution in [1.82, 2.24) is 0 Å². The lowest BCUT2D eigenvalue weighted by Gasteiger charge is -2.24. The maximum absolute atomic E-state index is 13.6. The van der Waals surface area contributed by atoms with Crippen molar-refractivity contribution in [3.63, 3.8) is 0 Å². The molecule has 0 aliphatic heterocycles. The van der Waals surface area contributed by atoms with Crippen LogP contribution >= 0.6 is 0 Å². The van der Waals surface area contributed by atoms with Crippen molar-refractivity contribution < 1.29 is 14.5 Å². The molecule has 0 amide bonds. The van der Waals surface area contributed by atoms with Crippen molar-refractivity contribution in [2.45, 2.75) is 6.92 Å². The standard InChI is InChI=1S/C27H19N3O4/c1-16-11-12-20(23(15-16)30(33)34)29-22-14-13-21(28-17-7-3-2-4-8-17)24-25(22)27(32)19-10-6-5-9-18(19)26(24)31/h2-15,28-29H,1H3. The Morgan fingerprint density at radius 3 is 1.79 bits per heavy atom. The average Bonchev–Trinajstić information content (AvgIpc) is 2.85. The molecule has 0 saturated carbocycles. The Balaban J connectivity index is 1.69. The molecule has 0 heterocycles. The van der Waals surface area contributed by atoms with Crippen LogP contribution in [0.15, 0.2) is 84.9 Å². The number of para-hydroxylation sites is 1. The molecule has 7 heteroatoms. The van der Waals surface area contributed by atoms with E-state index in [9.17, 15) is 19.7 Å². The van der Waals surface area contributed by atoms with Crippen LogP contribution in [-0.2, 0) is 0 Å². The summed E-state index contributed by atoms with van der Waals surface area (Å²) in [4.78, 5) is 38.3. The minimum atomic E-state index is -0.477. The number of hydrogen-bond donors (Lipinski definition) is 2. The highest BCUT2D eigenvalue weighted by atomic mass is 16.6. The van der Waals surface area contributed by atoms with Crippen LogP contribution in [0.2, 0.25) is 0 Å². The molecule has 0 spiro atoms. The summed E-state index contributed by atoms with van der Waals surface area (Å²) in [5.41, 5.74) is 3.47. The Labute approximate surface area is 195 Å². The van der Waals surface area contributed by atoms with Crippen LogP contribution in [0.25, 0.3) is 0 Å². The normalized spacial score (nSPS) is 12.0. The van der Waals surface area contributed by atoms with E-state index in [0.29, 0.717) is 22.5 Å². The quantitative estimate of drug-likeness (QED) is 0.246. The number of aryl methyl sites for hydroxylation is 1. The van der Waals surface area contributed by atoms with Gasteiger partial charge in [-0.25, -0.2) is 0 Å². The topological polar surface area (TPSA) is 101 Å².